The molecule has 0 bridgehead atoms. The normalized spacial score (nSPS) is 10.4. The van der Waals surface area contributed by atoms with E-state index in [-0.39, 0.29) is 22.4 Å². The molecule has 0 aliphatic carbocycles. The second kappa shape index (κ2) is 14.3. The summed E-state index contributed by atoms with van der Waals surface area (Å²) in [6, 6.07) is 21.6. The second-order valence-electron chi connectivity index (χ2n) is 8.23. The molecule has 40 heavy (non-hydrogen) atoms. The molecule has 10 heteroatoms. The summed E-state index contributed by atoms with van der Waals surface area (Å²) in [5.74, 6) is -1.07. The number of carbonyl (C=O) groups excluding carboxylic acids is 2. The van der Waals surface area contributed by atoms with Crippen LogP contribution in [0.3, 0.4) is 0 Å². The highest BCUT2D eigenvalue weighted by Crippen LogP contribution is 2.24. The average molecular weight is 562 g/mol. The summed E-state index contributed by atoms with van der Waals surface area (Å²) >= 11 is 5.73. The van der Waals surface area contributed by atoms with Crippen LogP contribution >= 0.6 is 11.6 Å². The van der Waals surface area contributed by atoms with E-state index in [0.717, 1.165) is 11.3 Å². The van der Waals surface area contributed by atoms with Crippen LogP contribution in [0, 0.1) is 0 Å². The van der Waals surface area contributed by atoms with Crippen molar-refractivity contribution in [1.29, 1.82) is 0 Å². The predicted octanol–water partition coefficient (Wildman–Crippen LogP) is 5.18. The van der Waals surface area contributed by atoms with Crippen molar-refractivity contribution in [3.8, 4) is 5.75 Å². The molecule has 0 unspecified atom stereocenters. The van der Waals surface area contributed by atoms with Crippen molar-refractivity contribution in [1.82, 2.24) is 4.98 Å². The number of H-pyrrole nitrogens is 1. The fourth-order valence-corrected chi connectivity index (χ4v) is 3.68. The van der Waals surface area contributed by atoms with Crippen molar-refractivity contribution in [3.05, 3.63) is 105 Å². The van der Waals surface area contributed by atoms with E-state index in [1.807, 2.05) is 24.3 Å². The molecule has 0 saturated heterocycles. The number of anilines is 1. The summed E-state index contributed by atoms with van der Waals surface area (Å²) in [5, 5.41) is 13.8. The van der Waals surface area contributed by atoms with Crippen LogP contribution in [0.25, 0.3) is 17.0 Å². The molecule has 3 aromatic carbocycles. The molecule has 3 N–H and O–H groups in total. The van der Waals surface area contributed by atoms with E-state index in [9.17, 15) is 19.5 Å². The number of aliphatic imine (C=N–C) groups is 1. The molecule has 0 fully saturated rings. The van der Waals surface area contributed by atoms with Gasteiger partial charge in [0.15, 0.2) is 0 Å². The minimum Gasteiger partial charge on any atom is -0.506 e. The lowest BCUT2D eigenvalue weighted by Crippen LogP contribution is -2.15. The van der Waals surface area contributed by atoms with Crippen molar-refractivity contribution < 1.29 is 24.2 Å². The predicted molar refractivity (Wildman–Crippen MR) is 157 cm³/mol. The number of carbonyl (C=O) groups is 2. The van der Waals surface area contributed by atoms with Gasteiger partial charge in [0.1, 0.15) is 16.9 Å². The zero-order valence-electron chi connectivity index (χ0n) is 22.1. The summed E-state index contributed by atoms with van der Waals surface area (Å²) in [5.41, 5.74) is 3.53. The molecule has 4 rings (SSSR count). The minimum atomic E-state index is -0.723. The van der Waals surface area contributed by atoms with Gasteiger partial charge in [0.2, 0.25) is 0 Å². The van der Waals surface area contributed by atoms with Crippen LogP contribution < -0.4 is 10.9 Å². The van der Waals surface area contributed by atoms with Crippen molar-refractivity contribution in [2.45, 2.75) is 5.88 Å². The molecule has 9 nitrogen and oxygen atoms in total. The van der Waals surface area contributed by atoms with Gasteiger partial charge in [-0.2, -0.15) is 0 Å². The summed E-state index contributed by atoms with van der Waals surface area (Å²) < 4.78 is 9.06. The van der Waals surface area contributed by atoms with E-state index in [0.29, 0.717) is 28.0 Å². The number of esters is 2. The molecule has 1 heterocycles. The van der Waals surface area contributed by atoms with E-state index in [2.05, 4.69) is 24.8 Å². The van der Waals surface area contributed by atoms with E-state index < -0.39 is 11.9 Å². The largest absolute Gasteiger partial charge is 0.506 e. The molecular weight excluding hydrogens is 534 g/mol. The number of rotatable bonds is 7. The number of halogens is 1. The van der Waals surface area contributed by atoms with E-state index >= 15 is 0 Å². The minimum absolute atomic E-state index is 0.0690. The third-order valence-corrected chi connectivity index (χ3v) is 5.99. The zero-order valence-corrected chi connectivity index (χ0v) is 22.9. The van der Waals surface area contributed by atoms with Crippen molar-refractivity contribution in [2.75, 3.05) is 26.6 Å². The Morgan fingerprint density at radius 3 is 2.17 bits per heavy atom. The van der Waals surface area contributed by atoms with E-state index in [4.69, 9.17) is 11.6 Å². The lowest BCUT2D eigenvalue weighted by atomic mass is 10.1. The zero-order chi connectivity index (χ0) is 29.1. The molecule has 0 aliphatic heterocycles. The first-order valence-electron chi connectivity index (χ1n) is 12.0. The van der Waals surface area contributed by atoms with Crippen molar-refractivity contribution in [2.24, 2.45) is 4.99 Å². The highest BCUT2D eigenvalue weighted by molar-refractivity contribution is 6.17. The molecule has 0 saturated carbocycles. The molecule has 0 amide bonds. The first kappa shape index (κ1) is 29.7. The number of aromatic hydroxyl groups is 1. The Hall–Kier alpha value is -4.89. The van der Waals surface area contributed by atoms with E-state index in [1.165, 1.54) is 26.5 Å². The number of para-hydroxylation sites is 1. The van der Waals surface area contributed by atoms with Crippen molar-refractivity contribution >= 4 is 58.1 Å². The van der Waals surface area contributed by atoms with Crippen LogP contribution in [0.1, 0.15) is 16.7 Å². The van der Waals surface area contributed by atoms with Crippen molar-refractivity contribution in [3.63, 3.8) is 0 Å². The van der Waals surface area contributed by atoms with Gasteiger partial charge in [-0.05, 0) is 53.6 Å². The summed E-state index contributed by atoms with van der Waals surface area (Å²) in [6.45, 7) is 0. The second-order valence-corrected chi connectivity index (χ2v) is 8.50. The Morgan fingerprint density at radius 1 is 0.975 bits per heavy atom. The summed E-state index contributed by atoms with van der Waals surface area (Å²) in [4.78, 5) is 41.9. The first-order valence-corrected chi connectivity index (χ1v) is 12.5. The number of methoxy groups -OCH3 is 2. The molecular formula is C30H28ClN3O6. The van der Waals surface area contributed by atoms with Crippen LogP contribution in [0.15, 0.2) is 88.2 Å². The molecule has 0 radical (unpaired) electrons. The number of hydrogen-bond acceptors (Lipinski definition) is 8. The maximum atomic E-state index is 12.1. The average Bonchev–Trinajstić information content (AvgIpc) is 3.00. The van der Waals surface area contributed by atoms with Gasteiger partial charge in [0, 0.05) is 30.2 Å². The van der Waals surface area contributed by atoms with Gasteiger partial charge < -0.3 is 24.9 Å². The Morgan fingerprint density at radius 2 is 1.60 bits per heavy atom. The first-order chi connectivity index (χ1) is 19.3. The number of pyridine rings is 1. The van der Waals surface area contributed by atoms with Gasteiger partial charge >= 0.3 is 11.9 Å². The van der Waals surface area contributed by atoms with E-state index in [1.54, 1.807) is 55.6 Å². The number of alkyl halides is 1. The van der Waals surface area contributed by atoms with Gasteiger partial charge in [-0.15, -0.1) is 11.6 Å². The van der Waals surface area contributed by atoms with Crippen LogP contribution in [0.4, 0.5) is 11.4 Å². The number of ether oxygens (including phenoxy) is 2. The SMILES string of the molecule is CNc1ccc(C=C(C(=O)OC)C(=O)OC)cc1.O=c1[nH]c2ccccc2c(O)c1C=Nc1ccc(CCl)cc1. The fraction of sp³-hybridized carbons (Fsp3) is 0.133. The van der Waals surface area contributed by atoms with Gasteiger partial charge in [-0.25, -0.2) is 9.59 Å². The number of benzene rings is 3. The van der Waals surface area contributed by atoms with Crippen LogP contribution in [0.5, 0.6) is 5.75 Å². The quantitative estimate of drug-likeness (QED) is 0.0707. The summed E-state index contributed by atoms with van der Waals surface area (Å²) in [7, 11) is 4.23. The lowest BCUT2D eigenvalue weighted by Gasteiger charge is -2.04. The Bertz CT molecular complexity index is 1580. The van der Waals surface area contributed by atoms with Gasteiger partial charge in [-0.1, -0.05) is 36.4 Å². The number of nitrogens with zero attached hydrogens (tertiary/aromatic N) is 1. The molecule has 206 valence electrons. The smallest absolute Gasteiger partial charge is 0.345 e. The van der Waals surface area contributed by atoms with Crippen LogP contribution in [0.2, 0.25) is 0 Å². The Labute approximate surface area is 235 Å². The van der Waals surface area contributed by atoms with Gasteiger partial charge in [0.05, 0.1) is 25.4 Å². The third kappa shape index (κ3) is 7.58. The number of nitrogens with one attached hydrogen (secondary N) is 2. The van der Waals surface area contributed by atoms with Crippen LogP contribution in [-0.4, -0.2) is 49.5 Å². The maximum Gasteiger partial charge on any atom is 0.345 e. The molecule has 0 spiro atoms. The highest BCUT2D eigenvalue weighted by atomic mass is 35.5. The van der Waals surface area contributed by atoms with Gasteiger partial charge in [-0.3, -0.25) is 9.79 Å². The third-order valence-electron chi connectivity index (χ3n) is 5.68. The molecule has 4 aromatic rings. The number of aromatic nitrogens is 1. The standard InChI is InChI=1S/C17H13ClN2O2.C13H15NO4/c18-9-11-5-7-12(8-6-11)19-10-14-16(21)13-3-1-2-4-15(13)20-17(14)22;1-14-10-6-4-9(5-7-10)8-11(12(15)17-2)13(16)18-3/h1-8,10H,9H2,(H2,20,21,22);4-8,14H,1-3H3. The number of aromatic amines is 1. The number of hydrogen-bond donors (Lipinski definition) is 3. The number of fused-ring (bicyclic) bond motifs is 1. The van der Waals surface area contributed by atoms with Gasteiger partial charge in [0.25, 0.3) is 5.56 Å². The molecule has 0 atom stereocenters. The lowest BCUT2D eigenvalue weighted by molar-refractivity contribution is -0.143. The summed E-state index contributed by atoms with van der Waals surface area (Å²) in [6.07, 6.45) is 2.80. The Balaban J connectivity index is 0.000000226. The monoisotopic (exact) mass is 561 g/mol. The topological polar surface area (TPSA) is 130 Å². The Kier molecular flexibility index (Phi) is 10.6. The molecule has 1 aromatic heterocycles. The molecule has 0 aliphatic rings. The maximum absolute atomic E-state index is 12.1. The fourth-order valence-electron chi connectivity index (χ4n) is 3.50. The van der Waals surface area contributed by atoms with Crippen LogP contribution in [-0.2, 0) is 24.9 Å². The highest BCUT2D eigenvalue weighted by Gasteiger charge is 2.19.